The third-order valence-electron chi connectivity index (χ3n) is 1.66. The molecule has 1 rings (SSSR count). The van der Waals surface area contributed by atoms with Crippen molar-refractivity contribution in [3.05, 3.63) is 16.4 Å². The highest BCUT2D eigenvalue weighted by atomic mass is 79.9. The minimum absolute atomic E-state index is 0.0290. The van der Waals surface area contributed by atoms with E-state index in [9.17, 15) is 5.11 Å². The third kappa shape index (κ3) is 1.85. The molecule has 0 aliphatic carbocycles. The van der Waals surface area contributed by atoms with Crippen LogP contribution in [0.1, 0.15) is 18.2 Å². The number of rotatable bonds is 3. The summed E-state index contributed by atoms with van der Waals surface area (Å²) in [5.74, 6) is 0. The molecule has 0 aliphatic heterocycles. The molecule has 1 aromatic rings. The first-order chi connectivity index (χ1) is 5.66. The van der Waals surface area contributed by atoms with E-state index < -0.39 is 6.10 Å². The van der Waals surface area contributed by atoms with Crippen molar-refractivity contribution < 1.29 is 10.2 Å². The van der Waals surface area contributed by atoms with E-state index in [0.29, 0.717) is 12.1 Å². The molecule has 0 radical (unpaired) electrons. The Morgan fingerprint density at radius 3 is 2.83 bits per heavy atom. The summed E-state index contributed by atoms with van der Waals surface area (Å²) in [7, 11) is 1.75. The molecular weight excluding hydrogens is 224 g/mol. The maximum atomic E-state index is 9.52. The number of aryl methyl sites for hydroxylation is 1. The van der Waals surface area contributed by atoms with Crippen LogP contribution in [-0.4, -0.2) is 26.6 Å². The molecule has 0 saturated carbocycles. The van der Waals surface area contributed by atoms with Crippen molar-refractivity contribution in [3.8, 4) is 0 Å². The lowest BCUT2D eigenvalue weighted by atomic mass is 10.2. The highest BCUT2D eigenvalue weighted by Gasteiger charge is 2.14. The zero-order valence-corrected chi connectivity index (χ0v) is 8.32. The lowest BCUT2D eigenvalue weighted by molar-refractivity contribution is 0.126. The molecular formula is C7H11BrN2O2. The summed E-state index contributed by atoms with van der Waals surface area (Å²) in [6, 6.07) is 0. The number of halogens is 1. The number of hydrogen-bond donors (Lipinski definition) is 2. The van der Waals surface area contributed by atoms with Crippen molar-refractivity contribution in [2.75, 3.05) is 6.61 Å². The molecule has 12 heavy (non-hydrogen) atoms. The summed E-state index contributed by atoms with van der Waals surface area (Å²) in [6.07, 6.45) is 1.30. The Hall–Kier alpha value is -0.390. The minimum Gasteiger partial charge on any atom is -0.396 e. The number of nitrogens with zero attached hydrogens (tertiary/aromatic N) is 2. The van der Waals surface area contributed by atoms with E-state index in [1.807, 2.05) is 0 Å². The topological polar surface area (TPSA) is 58.3 Å². The molecule has 0 aromatic carbocycles. The second-order valence-electron chi connectivity index (χ2n) is 2.53. The van der Waals surface area contributed by atoms with Crippen molar-refractivity contribution in [2.45, 2.75) is 12.5 Å². The van der Waals surface area contributed by atoms with Crippen LogP contribution in [0.4, 0.5) is 0 Å². The molecule has 1 heterocycles. The maximum Gasteiger partial charge on any atom is 0.0989 e. The summed E-state index contributed by atoms with van der Waals surface area (Å²) < 4.78 is 2.36. The molecule has 5 heteroatoms. The van der Waals surface area contributed by atoms with Gasteiger partial charge in [-0.05, 0) is 15.9 Å². The molecule has 0 bridgehead atoms. The normalized spacial score (nSPS) is 13.3. The van der Waals surface area contributed by atoms with Crippen LogP contribution in [0, 0.1) is 0 Å². The Bertz CT molecular complexity index is 242. The largest absolute Gasteiger partial charge is 0.396 e. The maximum absolute atomic E-state index is 9.52. The fourth-order valence-corrected chi connectivity index (χ4v) is 1.67. The second kappa shape index (κ2) is 4.02. The van der Waals surface area contributed by atoms with Crippen LogP contribution >= 0.6 is 15.9 Å². The van der Waals surface area contributed by atoms with E-state index in [1.165, 1.54) is 0 Å². The van der Waals surface area contributed by atoms with Crippen molar-refractivity contribution in [3.63, 3.8) is 0 Å². The Kier molecular flexibility index (Phi) is 3.25. The SMILES string of the molecule is Cn1ncc(Br)c1[C@H](O)CCO. The fourth-order valence-electron chi connectivity index (χ4n) is 1.05. The Balaban J connectivity index is 2.85. The molecule has 0 saturated heterocycles. The van der Waals surface area contributed by atoms with Gasteiger partial charge >= 0.3 is 0 Å². The average Bonchev–Trinajstić information content (AvgIpc) is 2.32. The standard InChI is InChI=1S/C7H11BrN2O2/c1-10-7(5(8)4-9-10)6(12)2-3-11/h4,6,11-12H,2-3H2,1H3/t6-/m1/s1. The Labute approximate surface area is 79.0 Å². The zero-order valence-electron chi connectivity index (χ0n) is 6.74. The molecule has 2 N–H and O–H groups in total. The fraction of sp³-hybridized carbons (Fsp3) is 0.571. The number of aromatic nitrogens is 2. The van der Waals surface area contributed by atoms with Gasteiger partial charge in [0.2, 0.25) is 0 Å². The van der Waals surface area contributed by atoms with Gasteiger partial charge in [-0.1, -0.05) is 0 Å². The summed E-state index contributed by atoms with van der Waals surface area (Å²) >= 11 is 3.26. The van der Waals surface area contributed by atoms with Crippen molar-refractivity contribution in [1.29, 1.82) is 0 Å². The van der Waals surface area contributed by atoms with Crippen LogP contribution in [0.25, 0.3) is 0 Å². The van der Waals surface area contributed by atoms with Crippen LogP contribution in [0.15, 0.2) is 10.7 Å². The van der Waals surface area contributed by atoms with Gasteiger partial charge in [-0.2, -0.15) is 5.10 Å². The van der Waals surface area contributed by atoms with Gasteiger partial charge in [-0.25, -0.2) is 0 Å². The van der Waals surface area contributed by atoms with Crippen LogP contribution in [0.5, 0.6) is 0 Å². The van der Waals surface area contributed by atoms with Gasteiger partial charge in [0.25, 0.3) is 0 Å². The van der Waals surface area contributed by atoms with Crippen LogP contribution in [0.2, 0.25) is 0 Å². The van der Waals surface area contributed by atoms with E-state index >= 15 is 0 Å². The van der Waals surface area contributed by atoms with Gasteiger partial charge < -0.3 is 10.2 Å². The predicted molar refractivity (Wildman–Crippen MR) is 47.6 cm³/mol. The van der Waals surface area contributed by atoms with Crippen LogP contribution in [-0.2, 0) is 7.05 Å². The van der Waals surface area contributed by atoms with E-state index in [4.69, 9.17) is 5.11 Å². The van der Waals surface area contributed by atoms with Gasteiger partial charge in [-0.3, -0.25) is 4.68 Å². The third-order valence-corrected chi connectivity index (χ3v) is 2.27. The Morgan fingerprint density at radius 2 is 2.42 bits per heavy atom. The molecule has 0 amide bonds. The highest BCUT2D eigenvalue weighted by Crippen LogP contribution is 2.24. The number of aliphatic hydroxyl groups excluding tert-OH is 2. The first-order valence-corrected chi connectivity index (χ1v) is 4.42. The van der Waals surface area contributed by atoms with Gasteiger partial charge in [0.05, 0.1) is 22.5 Å². The van der Waals surface area contributed by atoms with Crippen molar-refractivity contribution >= 4 is 15.9 Å². The van der Waals surface area contributed by atoms with Crippen molar-refractivity contribution in [2.24, 2.45) is 7.05 Å². The summed E-state index contributed by atoms with van der Waals surface area (Å²) in [5, 5.41) is 22.1. The molecule has 0 unspecified atom stereocenters. The van der Waals surface area contributed by atoms with E-state index in [-0.39, 0.29) is 6.61 Å². The van der Waals surface area contributed by atoms with E-state index in [1.54, 1.807) is 17.9 Å². The molecule has 0 spiro atoms. The molecule has 0 aliphatic rings. The van der Waals surface area contributed by atoms with Gasteiger partial charge in [0.15, 0.2) is 0 Å². The van der Waals surface area contributed by atoms with Crippen LogP contribution < -0.4 is 0 Å². The minimum atomic E-state index is -0.656. The van der Waals surface area contributed by atoms with Gasteiger partial charge in [-0.15, -0.1) is 0 Å². The monoisotopic (exact) mass is 234 g/mol. The zero-order chi connectivity index (χ0) is 9.14. The number of hydrogen-bond acceptors (Lipinski definition) is 3. The second-order valence-corrected chi connectivity index (χ2v) is 3.38. The molecule has 1 aromatic heterocycles. The first kappa shape index (κ1) is 9.70. The summed E-state index contributed by atoms with van der Waals surface area (Å²) in [6.45, 7) is -0.0290. The molecule has 4 nitrogen and oxygen atoms in total. The van der Waals surface area contributed by atoms with E-state index in [0.717, 1.165) is 4.47 Å². The average molecular weight is 235 g/mol. The van der Waals surface area contributed by atoms with Gasteiger partial charge in [0.1, 0.15) is 0 Å². The molecule has 68 valence electrons. The lowest BCUT2D eigenvalue weighted by Gasteiger charge is -2.09. The smallest absolute Gasteiger partial charge is 0.0989 e. The quantitative estimate of drug-likeness (QED) is 0.806. The van der Waals surface area contributed by atoms with E-state index in [2.05, 4.69) is 21.0 Å². The Morgan fingerprint density at radius 1 is 1.75 bits per heavy atom. The summed E-state index contributed by atoms with van der Waals surface area (Å²) in [4.78, 5) is 0. The number of aliphatic hydroxyl groups is 2. The highest BCUT2D eigenvalue weighted by molar-refractivity contribution is 9.10. The lowest BCUT2D eigenvalue weighted by Crippen LogP contribution is -2.07. The predicted octanol–water partition coefficient (Wildman–Crippen LogP) is 0.598. The summed E-state index contributed by atoms with van der Waals surface area (Å²) in [5.41, 5.74) is 0.698. The first-order valence-electron chi connectivity index (χ1n) is 3.63. The van der Waals surface area contributed by atoms with Gasteiger partial charge in [0, 0.05) is 20.1 Å². The van der Waals surface area contributed by atoms with Crippen LogP contribution in [0.3, 0.4) is 0 Å². The molecule has 0 fully saturated rings. The van der Waals surface area contributed by atoms with Crippen molar-refractivity contribution in [1.82, 2.24) is 9.78 Å². The molecule has 1 atom stereocenters.